The molecule has 0 aliphatic heterocycles. The summed E-state index contributed by atoms with van der Waals surface area (Å²) < 4.78 is 37.7. The Bertz CT molecular complexity index is 721. The van der Waals surface area contributed by atoms with Crippen molar-refractivity contribution in [3.05, 3.63) is 48.4 Å². The van der Waals surface area contributed by atoms with Gasteiger partial charge >= 0.3 is 0 Å². The van der Waals surface area contributed by atoms with Crippen LogP contribution in [-0.2, 0) is 16.4 Å². The highest BCUT2D eigenvalue weighted by molar-refractivity contribution is 7.89. The zero-order valence-corrected chi connectivity index (χ0v) is 14.7. The SMILES string of the molecule is CCCOc1ccc(S(=O)(=O)NCC(C)(O)Cc2ccco2)cc1. The van der Waals surface area contributed by atoms with Crippen molar-refractivity contribution < 1.29 is 22.7 Å². The van der Waals surface area contributed by atoms with Crippen LogP contribution < -0.4 is 9.46 Å². The fourth-order valence-corrected chi connectivity index (χ4v) is 3.28. The third kappa shape index (κ3) is 5.36. The van der Waals surface area contributed by atoms with Gasteiger partial charge in [-0.1, -0.05) is 6.92 Å². The zero-order chi connectivity index (χ0) is 17.6. The average molecular weight is 353 g/mol. The zero-order valence-electron chi connectivity index (χ0n) is 13.9. The molecule has 7 heteroatoms. The first-order valence-corrected chi connectivity index (χ1v) is 9.28. The Morgan fingerprint density at radius 1 is 1.25 bits per heavy atom. The van der Waals surface area contributed by atoms with Crippen LogP contribution in [0.5, 0.6) is 5.75 Å². The summed E-state index contributed by atoms with van der Waals surface area (Å²) in [4.78, 5) is 0.125. The molecule has 0 amide bonds. The molecule has 0 saturated carbocycles. The van der Waals surface area contributed by atoms with E-state index in [-0.39, 0.29) is 17.9 Å². The van der Waals surface area contributed by atoms with Crippen molar-refractivity contribution in [3.8, 4) is 5.75 Å². The van der Waals surface area contributed by atoms with Gasteiger partial charge in [0.2, 0.25) is 10.0 Å². The second-order valence-electron chi connectivity index (χ2n) is 5.90. The average Bonchev–Trinajstić information content (AvgIpc) is 3.04. The summed E-state index contributed by atoms with van der Waals surface area (Å²) in [7, 11) is -3.71. The van der Waals surface area contributed by atoms with Crippen LogP contribution in [0.25, 0.3) is 0 Å². The highest BCUT2D eigenvalue weighted by Crippen LogP contribution is 2.18. The number of benzene rings is 1. The fourth-order valence-electron chi connectivity index (χ4n) is 2.12. The van der Waals surface area contributed by atoms with E-state index in [9.17, 15) is 13.5 Å². The fraction of sp³-hybridized carbons (Fsp3) is 0.412. The molecule has 0 aliphatic carbocycles. The van der Waals surface area contributed by atoms with Crippen LogP contribution >= 0.6 is 0 Å². The van der Waals surface area contributed by atoms with Gasteiger partial charge in [-0.05, 0) is 49.7 Å². The van der Waals surface area contributed by atoms with Gasteiger partial charge in [0.1, 0.15) is 11.5 Å². The summed E-state index contributed by atoms with van der Waals surface area (Å²) in [6.45, 7) is 4.02. The number of aliphatic hydroxyl groups is 1. The third-order valence-electron chi connectivity index (χ3n) is 3.39. The van der Waals surface area contributed by atoms with E-state index in [0.717, 1.165) is 6.42 Å². The van der Waals surface area contributed by atoms with Gasteiger partial charge < -0.3 is 14.3 Å². The lowest BCUT2D eigenvalue weighted by atomic mass is 10.0. The monoisotopic (exact) mass is 353 g/mol. The van der Waals surface area contributed by atoms with Crippen LogP contribution in [0.3, 0.4) is 0 Å². The number of rotatable bonds is 9. The van der Waals surface area contributed by atoms with Crippen molar-refractivity contribution in [2.45, 2.75) is 37.2 Å². The lowest BCUT2D eigenvalue weighted by molar-refractivity contribution is 0.0603. The summed E-state index contributed by atoms with van der Waals surface area (Å²) in [6, 6.07) is 9.65. The number of hydrogen-bond acceptors (Lipinski definition) is 5. The van der Waals surface area contributed by atoms with Gasteiger partial charge in [-0.15, -0.1) is 0 Å². The Kier molecular flexibility index (Phi) is 6.04. The van der Waals surface area contributed by atoms with E-state index in [4.69, 9.17) is 9.15 Å². The first-order valence-electron chi connectivity index (χ1n) is 7.80. The third-order valence-corrected chi connectivity index (χ3v) is 4.80. The van der Waals surface area contributed by atoms with Crippen molar-refractivity contribution in [3.63, 3.8) is 0 Å². The van der Waals surface area contributed by atoms with Crippen LogP contribution in [0.4, 0.5) is 0 Å². The highest BCUT2D eigenvalue weighted by Gasteiger charge is 2.25. The molecule has 2 rings (SSSR count). The van der Waals surface area contributed by atoms with Crippen LogP contribution in [0.15, 0.2) is 52.0 Å². The van der Waals surface area contributed by atoms with Gasteiger partial charge in [0.25, 0.3) is 0 Å². The largest absolute Gasteiger partial charge is 0.494 e. The predicted octanol–water partition coefficient (Wildman–Crippen LogP) is 2.34. The van der Waals surface area contributed by atoms with E-state index in [1.54, 1.807) is 31.2 Å². The van der Waals surface area contributed by atoms with Crippen LogP contribution in [-0.4, -0.2) is 32.3 Å². The van der Waals surface area contributed by atoms with Gasteiger partial charge in [0, 0.05) is 13.0 Å². The maximum atomic E-state index is 12.3. The van der Waals surface area contributed by atoms with E-state index in [2.05, 4.69) is 4.72 Å². The summed E-state index contributed by atoms with van der Waals surface area (Å²) in [6.07, 6.45) is 2.61. The molecule has 0 bridgehead atoms. The maximum absolute atomic E-state index is 12.3. The molecule has 1 unspecified atom stereocenters. The van der Waals surface area contributed by atoms with Crippen molar-refractivity contribution in [2.24, 2.45) is 0 Å². The topological polar surface area (TPSA) is 88.8 Å². The molecule has 1 aromatic carbocycles. The van der Waals surface area contributed by atoms with E-state index < -0.39 is 15.6 Å². The second kappa shape index (κ2) is 7.83. The molecule has 1 heterocycles. The molecule has 132 valence electrons. The lowest BCUT2D eigenvalue weighted by Gasteiger charge is -2.22. The van der Waals surface area contributed by atoms with E-state index in [1.807, 2.05) is 6.92 Å². The molecule has 1 atom stereocenters. The first-order chi connectivity index (χ1) is 11.3. The highest BCUT2D eigenvalue weighted by atomic mass is 32.2. The normalized spacial score (nSPS) is 14.3. The predicted molar refractivity (Wildman–Crippen MR) is 90.5 cm³/mol. The number of nitrogens with one attached hydrogen (secondary N) is 1. The summed E-state index contributed by atoms with van der Waals surface area (Å²) in [5.41, 5.74) is -1.25. The van der Waals surface area contributed by atoms with Crippen molar-refractivity contribution in [1.82, 2.24) is 4.72 Å². The van der Waals surface area contributed by atoms with Crippen LogP contribution in [0.2, 0.25) is 0 Å². The first kappa shape index (κ1) is 18.5. The summed E-state index contributed by atoms with van der Waals surface area (Å²) >= 11 is 0. The molecule has 2 N–H and O–H groups in total. The van der Waals surface area contributed by atoms with Gasteiger partial charge in [-0.2, -0.15) is 0 Å². The summed E-state index contributed by atoms with van der Waals surface area (Å²) in [5, 5.41) is 10.3. The van der Waals surface area contributed by atoms with Crippen molar-refractivity contribution >= 4 is 10.0 Å². The molecule has 0 saturated heterocycles. The van der Waals surface area contributed by atoms with Gasteiger partial charge in [-0.25, -0.2) is 13.1 Å². The van der Waals surface area contributed by atoms with Gasteiger partial charge in [0.15, 0.2) is 0 Å². The molecule has 0 fully saturated rings. The molecule has 24 heavy (non-hydrogen) atoms. The minimum absolute atomic E-state index is 0.121. The van der Waals surface area contributed by atoms with Crippen LogP contribution in [0.1, 0.15) is 26.0 Å². The van der Waals surface area contributed by atoms with Crippen LogP contribution in [0, 0.1) is 0 Å². The van der Waals surface area contributed by atoms with Gasteiger partial charge in [-0.3, -0.25) is 0 Å². The smallest absolute Gasteiger partial charge is 0.240 e. The molecule has 2 aromatic rings. The molecule has 0 spiro atoms. The Morgan fingerprint density at radius 2 is 1.96 bits per heavy atom. The molecule has 6 nitrogen and oxygen atoms in total. The number of ether oxygens (including phenoxy) is 1. The second-order valence-corrected chi connectivity index (χ2v) is 7.66. The van der Waals surface area contributed by atoms with E-state index in [1.165, 1.54) is 18.4 Å². The van der Waals surface area contributed by atoms with Crippen molar-refractivity contribution in [1.29, 1.82) is 0 Å². The Hall–Kier alpha value is -1.83. The van der Waals surface area contributed by atoms with E-state index >= 15 is 0 Å². The number of sulfonamides is 1. The van der Waals surface area contributed by atoms with Gasteiger partial charge in [0.05, 0.1) is 23.4 Å². The Labute approximate surface area is 142 Å². The standard InChI is InChI=1S/C17H23NO5S/c1-3-10-22-14-6-8-16(9-7-14)24(20,21)18-13-17(2,19)12-15-5-4-11-23-15/h4-9,11,18-19H,3,10,12-13H2,1-2H3. The molecule has 1 aromatic heterocycles. The number of furan rings is 1. The molecular weight excluding hydrogens is 330 g/mol. The minimum Gasteiger partial charge on any atom is -0.494 e. The maximum Gasteiger partial charge on any atom is 0.240 e. The lowest BCUT2D eigenvalue weighted by Crippen LogP contribution is -2.42. The summed E-state index contributed by atoms with van der Waals surface area (Å²) in [5.74, 6) is 1.22. The molecule has 0 radical (unpaired) electrons. The number of hydrogen-bond donors (Lipinski definition) is 2. The Morgan fingerprint density at radius 3 is 2.54 bits per heavy atom. The minimum atomic E-state index is -3.71. The quantitative estimate of drug-likeness (QED) is 0.722. The Balaban J connectivity index is 1.97. The molecular formula is C17H23NO5S. The van der Waals surface area contributed by atoms with Crippen molar-refractivity contribution in [2.75, 3.05) is 13.2 Å². The van der Waals surface area contributed by atoms with E-state index in [0.29, 0.717) is 18.1 Å². The molecule has 0 aliphatic rings.